The Hall–Kier alpha value is -7.72. The average molecular weight is 850 g/mol. The first-order valence-corrected chi connectivity index (χ1v) is 23.5. The van der Waals surface area contributed by atoms with E-state index in [1.165, 1.54) is 81.0 Å². The Morgan fingerprint density at radius 1 is 0.446 bits per heavy atom. The molecule has 10 aromatic carbocycles. The molecule has 308 valence electrons. The summed E-state index contributed by atoms with van der Waals surface area (Å²) < 4.78 is 9.97. The fourth-order valence-corrected chi connectivity index (χ4v) is 12.4. The number of rotatable bonds is 8. The van der Waals surface area contributed by atoms with Crippen LogP contribution in [0.25, 0.3) is 42.1 Å². The van der Waals surface area contributed by atoms with Gasteiger partial charge >= 0.3 is 0 Å². The largest absolute Gasteiger partial charge is 0.456 e. The second-order valence-electron chi connectivity index (χ2n) is 17.4. The van der Waals surface area contributed by atoms with Gasteiger partial charge in [0.1, 0.15) is 11.5 Å². The number of nitrogens with zero attached hydrogens (tertiary/aromatic N) is 1. The van der Waals surface area contributed by atoms with Gasteiger partial charge in [0, 0.05) is 59.8 Å². The molecule has 2 heterocycles. The van der Waals surface area contributed by atoms with Crippen LogP contribution in [0.4, 0.5) is 17.1 Å². The minimum atomic E-state index is -0.539. The highest BCUT2D eigenvalue weighted by Gasteiger charge is 2.52. The molecule has 2 nitrogen and oxygen atoms in total. The van der Waals surface area contributed by atoms with E-state index in [9.17, 15) is 0 Å². The Balaban J connectivity index is 0.942. The summed E-state index contributed by atoms with van der Waals surface area (Å²) in [5.41, 5.74) is 14.4. The molecule has 0 fully saturated rings. The number of para-hydroxylation sites is 3. The third-order valence-corrected chi connectivity index (χ3v) is 15.1. The molecule has 0 saturated carbocycles. The minimum absolute atomic E-state index is 0.0628. The summed E-state index contributed by atoms with van der Waals surface area (Å²) in [6.07, 6.45) is 1.83. The number of fused-ring (bicyclic) bond motifs is 13. The van der Waals surface area contributed by atoms with Crippen LogP contribution >= 0.6 is 11.3 Å². The van der Waals surface area contributed by atoms with Crippen LogP contribution in [-0.4, -0.2) is 0 Å². The second kappa shape index (κ2) is 15.2. The maximum Gasteiger partial charge on any atom is 0.136 e. The Morgan fingerprint density at radius 3 is 1.72 bits per heavy atom. The maximum atomic E-state index is 7.36. The number of ether oxygens (including phenoxy) is 1. The van der Waals surface area contributed by atoms with Gasteiger partial charge in [-0.1, -0.05) is 176 Å². The van der Waals surface area contributed by atoms with Crippen LogP contribution < -0.4 is 9.64 Å². The quantitative estimate of drug-likeness (QED) is 0.151. The first-order chi connectivity index (χ1) is 32.2. The lowest BCUT2D eigenvalue weighted by molar-refractivity contribution is 0.428. The summed E-state index contributed by atoms with van der Waals surface area (Å²) in [5, 5.41) is 5.08. The molecule has 0 saturated heterocycles. The van der Waals surface area contributed by atoms with Crippen molar-refractivity contribution in [3.63, 3.8) is 0 Å². The fourth-order valence-electron chi connectivity index (χ4n) is 11.2. The lowest BCUT2D eigenvalue weighted by Crippen LogP contribution is -2.32. The van der Waals surface area contributed by atoms with Crippen molar-refractivity contribution < 1.29 is 4.74 Å². The predicted octanol–water partition coefficient (Wildman–Crippen LogP) is 16.9. The lowest BCUT2D eigenvalue weighted by atomic mass is 9.64. The van der Waals surface area contributed by atoms with Crippen molar-refractivity contribution in [3.05, 3.63) is 269 Å². The molecule has 0 N–H and O–H groups in total. The van der Waals surface area contributed by atoms with Crippen molar-refractivity contribution in [2.45, 2.75) is 24.2 Å². The standard InChI is InChI=1S/C62H43NOS/c1-4-18-42(19-5-1)48(35-32-41-33-36-51-52-37-34-46(40-59(52)65-58(51)38-41)63(44-21-6-2-7-22-44)45-23-8-3-9-24-45)60-47-25-11-10-20-43(47)39-56-61(60)64-57-31-17-16-30-55(57)62(56)53-28-14-12-26-49(53)50-27-13-15-29-54(50)62/h1-31,33-34,36-40,48H,32,35H2. The zero-order chi connectivity index (χ0) is 42.9. The van der Waals surface area contributed by atoms with E-state index in [2.05, 4.69) is 235 Å². The first kappa shape index (κ1) is 37.8. The van der Waals surface area contributed by atoms with Crippen molar-refractivity contribution in [3.8, 4) is 22.6 Å². The highest BCUT2D eigenvalue weighted by atomic mass is 32.1. The van der Waals surface area contributed by atoms with Crippen molar-refractivity contribution >= 4 is 59.3 Å². The molecule has 13 rings (SSSR count). The number of thiophene rings is 1. The number of hydrogen-bond donors (Lipinski definition) is 0. The van der Waals surface area contributed by atoms with Crippen LogP contribution in [-0.2, 0) is 11.8 Å². The van der Waals surface area contributed by atoms with Crippen molar-refractivity contribution in [1.82, 2.24) is 0 Å². The van der Waals surface area contributed by atoms with Gasteiger partial charge in [0.05, 0.1) is 5.41 Å². The third-order valence-electron chi connectivity index (χ3n) is 14.0. The van der Waals surface area contributed by atoms with E-state index < -0.39 is 5.41 Å². The molecule has 1 spiro atoms. The summed E-state index contributed by atoms with van der Waals surface area (Å²) in [4.78, 5) is 2.35. The number of benzene rings is 10. The SMILES string of the molecule is c1ccc(C(CCc2ccc3c(c2)sc2cc(N(c4ccccc4)c4ccccc4)ccc23)c2c3c(cc4ccccc24)C2(c4ccccc4O3)c3ccccc3-c3ccccc32)cc1. The molecule has 1 aliphatic heterocycles. The Kier molecular flexibility index (Phi) is 8.85. The third kappa shape index (κ3) is 5.93. The van der Waals surface area contributed by atoms with E-state index >= 15 is 0 Å². The first-order valence-electron chi connectivity index (χ1n) is 22.7. The second-order valence-corrected chi connectivity index (χ2v) is 18.5. The molecule has 2 aliphatic rings. The molecule has 0 radical (unpaired) electrons. The molecular weight excluding hydrogens is 807 g/mol. The van der Waals surface area contributed by atoms with Crippen molar-refractivity contribution in [2.24, 2.45) is 0 Å². The van der Waals surface area contributed by atoms with Crippen molar-refractivity contribution in [1.29, 1.82) is 0 Å². The highest BCUT2D eigenvalue weighted by Crippen LogP contribution is 2.64. The zero-order valence-corrected chi connectivity index (χ0v) is 36.5. The maximum absolute atomic E-state index is 7.36. The minimum Gasteiger partial charge on any atom is -0.456 e. The Morgan fingerprint density at radius 2 is 1.02 bits per heavy atom. The Bertz CT molecular complexity index is 3510. The molecule has 0 bridgehead atoms. The number of hydrogen-bond acceptors (Lipinski definition) is 3. The van der Waals surface area contributed by atoms with Crippen molar-refractivity contribution in [2.75, 3.05) is 4.90 Å². The monoisotopic (exact) mass is 849 g/mol. The molecule has 1 unspecified atom stereocenters. The van der Waals surface area contributed by atoms with Gasteiger partial charge in [-0.15, -0.1) is 11.3 Å². The van der Waals surface area contributed by atoms with E-state index in [0.717, 1.165) is 41.4 Å². The molecule has 3 heteroatoms. The van der Waals surface area contributed by atoms with Crippen LogP contribution in [0.3, 0.4) is 0 Å². The topological polar surface area (TPSA) is 12.5 Å². The molecule has 1 aliphatic carbocycles. The average Bonchev–Trinajstić information content (AvgIpc) is 3.88. The van der Waals surface area contributed by atoms with Crippen LogP contribution in [0, 0.1) is 0 Å². The number of anilines is 3. The van der Waals surface area contributed by atoms with E-state index in [4.69, 9.17) is 4.74 Å². The van der Waals surface area contributed by atoms with Crippen LogP contribution in [0.15, 0.2) is 231 Å². The fraction of sp³-hybridized carbons (Fsp3) is 0.0645. The van der Waals surface area contributed by atoms with Gasteiger partial charge in [-0.3, -0.25) is 0 Å². The van der Waals surface area contributed by atoms with Gasteiger partial charge in [-0.2, -0.15) is 0 Å². The van der Waals surface area contributed by atoms with Crippen LogP contribution in [0.2, 0.25) is 0 Å². The van der Waals surface area contributed by atoms with Gasteiger partial charge in [0.2, 0.25) is 0 Å². The zero-order valence-electron chi connectivity index (χ0n) is 35.7. The molecular formula is C62H43NOS. The molecule has 1 atom stereocenters. The normalized spacial score (nSPS) is 13.5. The van der Waals surface area contributed by atoms with Gasteiger partial charge in [0.25, 0.3) is 0 Å². The molecule has 11 aromatic rings. The van der Waals surface area contributed by atoms with E-state index in [1.54, 1.807) is 0 Å². The van der Waals surface area contributed by atoms with Gasteiger partial charge in [0.15, 0.2) is 0 Å². The smallest absolute Gasteiger partial charge is 0.136 e. The van der Waals surface area contributed by atoms with E-state index in [-0.39, 0.29) is 5.92 Å². The summed E-state index contributed by atoms with van der Waals surface area (Å²) in [5.74, 6) is 1.97. The molecule has 65 heavy (non-hydrogen) atoms. The Labute approximate surface area is 383 Å². The summed E-state index contributed by atoms with van der Waals surface area (Å²) >= 11 is 1.89. The predicted molar refractivity (Wildman–Crippen MR) is 272 cm³/mol. The summed E-state index contributed by atoms with van der Waals surface area (Å²) in [7, 11) is 0. The lowest BCUT2D eigenvalue weighted by Gasteiger charge is -2.41. The summed E-state index contributed by atoms with van der Waals surface area (Å²) in [6.45, 7) is 0. The number of aryl methyl sites for hydroxylation is 1. The van der Waals surface area contributed by atoms with Gasteiger partial charge < -0.3 is 9.64 Å². The summed E-state index contributed by atoms with van der Waals surface area (Å²) in [6, 6.07) is 84.7. The van der Waals surface area contributed by atoms with Gasteiger partial charge in [-0.05, 0) is 112 Å². The highest BCUT2D eigenvalue weighted by molar-refractivity contribution is 7.25. The van der Waals surface area contributed by atoms with Gasteiger partial charge in [-0.25, -0.2) is 0 Å². The van der Waals surface area contributed by atoms with E-state index in [1.807, 2.05) is 11.3 Å². The van der Waals surface area contributed by atoms with E-state index in [0.29, 0.717) is 0 Å². The molecule has 1 aromatic heterocycles. The molecule has 0 amide bonds. The van der Waals surface area contributed by atoms with Crippen LogP contribution in [0.5, 0.6) is 11.5 Å². The van der Waals surface area contributed by atoms with Crippen LogP contribution in [0.1, 0.15) is 51.3 Å².